The maximum absolute atomic E-state index is 6.43. The van der Waals surface area contributed by atoms with Gasteiger partial charge in [0.25, 0.3) is 0 Å². The molecule has 0 radical (unpaired) electrons. The molecule has 0 saturated carbocycles. The SMILES string of the molecule is Cc1nn(-c2[c-]c(Oc3[c-]c4c(cc3)c3cc(C(C)C)ccc3n4-c3cc(C(C)C)ccn3)ccc2)c(C)c1-c1ccccc1.[Pt+2]. The molecule has 0 unspecified atom stereocenters. The van der Waals surface area contributed by atoms with Crippen molar-refractivity contribution in [2.45, 2.75) is 53.4 Å². The van der Waals surface area contributed by atoms with Gasteiger partial charge in [-0.15, -0.1) is 35.7 Å². The number of hydrogen-bond donors (Lipinski definition) is 0. The van der Waals surface area contributed by atoms with Crippen LogP contribution in [0.25, 0.3) is 44.4 Å². The Morgan fingerprint density at radius 3 is 2.22 bits per heavy atom. The number of ether oxygens (including phenoxy) is 1. The fourth-order valence-electron chi connectivity index (χ4n) is 6.15. The van der Waals surface area contributed by atoms with Crippen molar-refractivity contribution in [3.8, 4) is 34.1 Å². The molecule has 0 amide bonds. The number of nitrogens with zero attached hydrogens (tertiary/aromatic N) is 4. The van der Waals surface area contributed by atoms with E-state index in [-0.39, 0.29) is 21.1 Å². The summed E-state index contributed by atoms with van der Waals surface area (Å²) in [5.74, 6) is 2.91. The average molecular weight is 784 g/mol. The molecule has 0 spiro atoms. The Kier molecular flexibility index (Phi) is 8.72. The van der Waals surface area contributed by atoms with Gasteiger partial charge in [-0.1, -0.05) is 75.7 Å². The minimum atomic E-state index is 0. The molecule has 0 bridgehead atoms. The van der Waals surface area contributed by atoms with E-state index in [1.165, 1.54) is 16.5 Å². The summed E-state index contributed by atoms with van der Waals surface area (Å²) in [7, 11) is 0. The van der Waals surface area contributed by atoms with E-state index >= 15 is 0 Å². The summed E-state index contributed by atoms with van der Waals surface area (Å²) in [5.41, 5.74) is 9.71. The number of hydrogen-bond acceptors (Lipinski definition) is 3. The van der Waals surface area contributed by atoms with Crippen LogP contribution >= 0.6 is 0 Å². The molecule has 0 fully saturated rings. The third-order valence-electron chi connectivity index (χ3n) is 8.56. The molecule has 6 heteroatoms. The van der Waals surface area contributed by atoms with E-state index in [1.54, 1.807) is 0 Å². The van der Waals surface area contributed by atoms with Crippen molar-refractivity contribution in [1.29, 1.82) is 0 Å². The topological polar surface area (TPSA) is 44.9 Å². The Morgan fingerprint density at radius 1 is 0.717 bits per heavy atom. The first kappa shape index (κ1) is 31.5. The van der Waals surface area contributed by atoms with Crippen LogP contribution in [0.4, 0.5) is 0 Å². The quantitative estimate of drug-likeness (QED) is 0.151. The molecule has 0 aliphatic heterocycles. The number of fused-ring (bicyclic) bond motifs is 3. The summed E-state index contributed by atoms with van der Waals surface area (Å²) in [5, 5.41) is 7.17. The Balaban J connectivity index is 0.00000372. The first-order chi connectivity index (χ1) is 21.8. The fraction of sp³-hybridized carbons (Fsp3) is 0.200. The van der Waals surface area contributed by atoms with E-state index in [4.69, 9.17) is 14.8 Å². The predicted octanol–water partition coefficient (Wildman–Crippen LogP) is 10.3. The van der Waals surface area contributed by atoms with Gasteiger partial charge in [-0.05, 0) is 71.6 Å². The van der Waals surface area contributed by atoms with Crippen LogP contribution in [-0.2, 0) is 21.1 Å². The van der Waals surface area contributed by atoms with E-state index in [2.05, 4.69) is 112 Å². The maximum Gasteiger partial charge on any atom is 2.00 e. The molecule has 3 aromatic heterocycles. The maximum atomic E-state index is 6.43. The number of aromatic nitrogens is 4. The molecule has 0 saturated heterocycles. The smallest absolute Gasteiger partial charge is 0.509 e. The van der Waals surface area contributed by atoms with Gasteiger partial charge in [-0.3, -0.25) is 4.68 Å². The van der Waals surface area contributed by atoms with Crippen molar-refractivity contribution < 1.29 is 25.8 Å². The third-order valence-corrected chi connectivity index (χ3v) is 8.56. The summed E-state index contributed by atoms with van der Waals surface area (Å²) in [4.78, 5) is 4.81. The number of rotatable bonds is 7. The van der Waals surface area contributed by atoms with Gasteiger partial charge in [0.05, 0.1) is 5.69 Å². The standard InChI is InChI=1S/C40H36N4O.Pt/c1-25(2)30-15-18-37-36(21-30)35-17-16-34(24-38(35)43(37)39-22-31(26(3)4)19-20-41-39)45-33-14-10-13-32(23-33)44-28(6)40(27(5)42-44)29-11-8-7-9-12-29;/h7-22,25-26H,1-6H3;/q-2;+2. The van der Waals surface area contributed by atoms with Crippen LogP contribution in [0.2, 0.25) is 0 Å². The average Bonchev–Trinajstić information content (AvgIpc) is 3.53. The molecule has 7 aromatic rings. The minimum absolute atomic E-state index is 0. The molecule has 5 nitrogen and oxygen atoms in total. The van der Waals surface area contributed by atoms with Crippen LogP contribution in [-0.4, -0.2) is 19.3 Å². The Morgan fingerprint density at radius 2 is 1.46 bits per heavy atom. The van der Waals surface area contributed by atoms with E-state index < -0.39 is 0 Å². The summed E-state index contributed by atoms with van der Waals surface area (Å²) >= 11 is 0. The molecule has 0 atom stereocenters. The van der Waals surface area contributed by atoms with Crippen LogP contribution < -0.4 is 4.74 Å². The van der Waals surface area contributed by atoms with Crippen molar-refractivity contribution in [3.05, 3.63) is 132 Å². The van der Waals surface area contributed by atoms with Gasteiger partial charge in [0, 0.05) is 34.5 Å². The molecule has 0 N–H and O–H groups in total. The molecule has 0 aliphatic rings. The summed E-state index contributed by atoms with van der Waals surface area (Å²) in [6, 6.07) is 38.4. The summed E-state index contributed by atoms with van der Waals surface area (Å²) in [6.07, 6.45) is 1.90. The van der Waals surface area contributed by atoms with Crippen LogP contribution in [0.5, 0.6) is 11.5 Å². The van der Waals surface area contributed by atoms with Gasteiger partial charge in [-0.25, -0.2) is 4.98 Å². The van der Waals surface area contributed by atoms with E-state index in [0.717, 1.165) is 50.4 Å². The Bertz CT molecular complexity index is 2180. The molecule has 4 aromatic carbocycles. The second-order valence-electron chi connectivity index (χ2n) is 12.3. The van der Waals surface area contributed by atoms with Crippen molar-refractivity contribution in [3.63, 3.8) is 0 Å². The van der Waals surface area contributed by atoms with E-state index in [0.29, 0.717) is 23.3 Å². The van der Waals surface area contributed by atoms with Gasteiger partial charge in [0.1, 0.15) is 5.82 Å². The first-order valence-corrected chi connectivity index (χ1v) is 15.6. The zero-order valence-electron chi connectivity index (χ0n) is 26.9. The number of benzene rings is 4. The van der Waals surface area contributed by atoms with Gasteiger partial charge >= 0.3 is 21.1 Å². The first-order valence-electron chi connectivity index (χ1n) is 15.6. The van der Waals surface area contributed by atoms with Gasteiger partial charge < -0.3 is 9.30 Å². The van der Waals surface area contributed by atoms with Crippen molar-refractivity contribution in [2.75, 3.05) is 0 Å². The predicted molar refractivity (Wildman–Crippen MR) is 183 cm³/mol. The molecule has 232 valence electrons. The molecular weight excluding hydrogens is 748 g/mol. The molecule has 0 aliphatic carbocycles. The Hall–Kier alpha value is -4.47. The molecule has 46 heavy (non-hydrogen) atoms. The number of pyridine rings is 1. The summed E-state index contributed by atoms with van der Waals surface area (Å²) < 4.78 is 10.6. The zero-order chi connectivity index (χ0) is 31.2. The fourth-order valence-corrected chi connectivity index (χ4v) is 6.15. The largest absolute Gasteiger partial charge is 2.00 e. The van der Waals surface area contributed by atoms with E-state index in [1.807, 2.05) is 48.1 Å². The Labute approximate surface area is 285 Å². The van der Waals surface area contributed by atoms with Crippen molar-refractivity contribution >= 4 is 21.8 Å². The van der Waals surface area contributed by atoms with Crippen LogP contribution in [0, 0.1) is 26.0 Å². The second-order valence-corrected chi connectivity index (χ2v) is 12.3. The summed E-state index contributed by atoms with van der Waals surface area (Å²) in [6.45, 7) is 13.0. The van der Waals surface area contributed by atoms with Gasteiger partial charge in [-0.2, -0.15) is 17.2 Å². The van der Waals surface area contributed by atoms with Crippen LogP contribution in [0.15, 0.2) is 97.2 Å². The zero-order valence-corrected chi connectivity index (χ0v) is 29.2. The van der Waals surface area contributed by atoms with Crippen molar-refractivity contribution in [2.24, 2.45) is 0 Å². The second kappa shape index (κ2) is 12.7. The van der Waals surface area contributed by atoms with Gasteiger partial charge in [0.2, 0.25) is 0 Å². The van der Waals surface area contributed by atoms with E-state index in [9.17, 15) is 0 Å². The van der Waals surface area contributed by atoms with Crippen molar-refractivity contribution in [1.82, 2.24) is 19.3 Å². The monoisotopic (exact) mass is 783 g/mol. The van der Waals surface area contributed by atoms with Gasteiger partial charge in [0.15, 0.2) is 0 Å². The van der Waals surface area contributed by atoms with Crippen LogP contribution in [0.3, 0.4) is 0 Å². The minimum Gasteiger partial charge on any atom is -0.509 e. The molecular formula is C40H36N4OPt. The number of aryl methyl sites for hydroxylation is 1. The third kappa shape index (κ3) is 5.69. The molecule has 3 heterocycles. The normalized spacial score (nSPS) is 11.5. The molecule has 7 rings (SSSR count). The van der Waals surface area contributed by atoms with Crippen LogP contribution in [0.1, 0.15) is 62.0 Å².